The Balaban J connectivity index is 1.68. The highest BCUT2D eigenvalue weighted by Gasteiger charge is 2.41. The molecule has 2 aliphatic rings. The van der Waals surface area contributed by atoms with Crippen LogP contribution in [0.5, 0.6) is 0 Å². The molecule has 5 heteroatoms. The molecule has 17 heavy (non-hydrogen) atoms. The van der Waals surface area contributed by atoms with Crippen molar-refractivity contribution in [3.8, 4) is 0 Å². The third-order valence-electron chi connectivity index (χ3n) is 3.78. The molecule has 0 bridgehead atoms. The summed E-state index contributed by atoms with van der Waals surface area (Å²) in [7, 11) is 0. The molecule has 1 amide bonds. The third kappa shape index (κ3) is 1.81. The van der Waals surface area contributed by atoms with E-state index in [0.29, 0.717) is 24.9 Å². The smallest absolute Gasteiger partial charge is 0.407 e. The lowest BCUT2D eigenvalue weighted by Gasteiger charge is -2.21. The maximum absolute atomic E-state index is 10.9. The van der Waals surface area contributed by atoms with Crippen molar-refractivity contribution in [3.63, 3.8) is 0 Å². The Morgan fingerprint density at radius 3 is 2.29 bits per heavy atom. The molecule has 3 rings (SSSR count). The Morgan fingerprint density at radius 2 is 1.76 bits per heavy atom. The molecular weight excluding hydrogens is 218 g/mol. The second-order valence-corrected chi connectivity index (χ2v) is 4.82. The number of carbonyl (C=O) groups is 1. The van der Waals surface area contributed by atoms with Gasteiger partial charge in [0.05, 0.1) is 0 Å². The van der Waals surface area contributed by atoms with Crippen LogP contribution in [0.1, 0.15) is 0 Å². The van der Waals surface area contributed by atoms with E-state index in [9.17, 15) is 4.79 Å². The summed E-state index contributed by atoms with van der Waals surface area (Å²) in [6, 6.07) is 4.02. The van der Waals surface area contributed by atoms with Gasteiger partial charge in [-0.15, -0.1) is 0 Å². The van der Waals surface area contributed by atoms with E-state index in [2.05, 4.69) is 9.88 Å². The Hall–Kier alpha value is -1.78. The molecule has 2 unspecified atom stereocenters. The fourth-order valence-corrected chi connectivity index (χ4v) is 2.92. The lowest BCUT2D eigenvalue weighted by Crippen LogP contribution is -2.32. The maximum atomic E-state index is 10.9. The van der Waals surface area contributed by atoms with Crippen molar-refractivity contribution >= 4 is 11.8 Å². The molecule has 3 heterocycles. The standard InChI is InChI=1S/C12H15N3O2/c16-12(17)15-7-9-5-14(6-10(9)8-15)11-1-3-13-4-2-11/h1-4,9-10H,5-8H2,(H,16,17). The lowest BCUT2D eigenvalue weighted by atomic mass is 10.0. The quantitative estimate of drug-likeness (QED) is 0.790. The number of hydrogen-bond donors (Lipinski definition) is 1. The molecule has 1 aromatic rings. The second-order valence-electron chi connectivity index (χ2n) is 4.82. The van der Waals surface area contributed by atoms with Gasteiger partial charge in [0.25, 0.3) is 0 Å². The van der Waals surface area contributed by atoms with Crippen molar-refractivity contribution in [1.29, 1.82) is 0 Å². The predicted octanol–water partition coefficient (Wildman–Crippen LogP) is 1.13. The molecule has 0 spiro atoms. The van der Waals surface area contributed by atoms with E-state index in [0.717, 1.165) is 13.1 Å². The van der Waals surface area contributed by atoms with Crippen molar-refractivity contribution in [2.45, 2.75) is 0 Å². The zero-order chi connectivity index (χ0) is 11.8. The lowest BCUT2D eigenvalue weighted by molar-refractivity contribution is 0.153. The van der Waals surface area contributed by atoms with Crippen LogP contribution >= 0.6 is 0 Å². The fourth-order valence-electron chi connectivity index (χ4n) is 2.92. The van der Waals surface area contributed by atoms with Crippen molar-refractivity contribution in [3.05, 3.63) is 24.5 Å². The van der Waals surface area contributed by atoms with E-state index in [1.807, 2.05) is 12.1 Å². The van der Waals surface area contributed by atoms with Gasteiger partial charge >= 0.3 is 6.09 Å². The van der Waals surface area contributed by atoms with Gasteiger partial charge < -0.3 is 14.9 Å². The van der Waals surface area contributed by atoms with E-state index in [1.165, 1.54) is 5.69 Å². The maximum Gasteiger partial charge on any atom is 0.407 e. The normalized spacial score (nSPS) is 27.3. The number of amides is 1. The Morgan fingerprint density at radius 1 is 1.18 bits per heavy atom. The SMILES string of the molecule is O=C(O)N1CC2CN(c3ccncc3)CC2C1. The van der Waals surface area contributed by atoms with Gasteiger partial charge in [-0.05, 0) is 12.1 Å². The minimum absolute atomic E-state index is 0.485. The molecule has 0 saturated carbocycles. The summed E-state index contributed by atoms with van der Waals surface area (Å²) in [4.78, 5) is 18.8. The summed E-state index contributed by atoms with van der Waals surface area (Å²) in [5.74, 6) is 0.971. The number of hydrogen-bond acceptors (Lipinski definition) is 3. The monoisotopic (exact) mass is 233 g/mol. The molecule has 5 nitrogen and oxygen atoms in total. The topological polar surface area (TPSA) is 56.7 Å². The van der Waals surface area contributed by atoms with E-state index in [1.54, 1.807) is 17.3 Å². The molecule has 1 aromatic heterocycles. The van der Waals surface area contributed by atoms with Crippen LogP contribution in [0.25, 0.3) is 0 Å². The molecule has 1 N–H and O–H groups in total. The molecule has 2 aliphatic heterocycles. The van der Waals surface area contributed by atoms with E-state index < -0.39 is 6.09 Å². The highest BCUT2D eigenvalue weighted by Crippen LogP contribution is 2.33. The average molecular weight is 233 g/mol. The Bertz CT molecular complexity index is 409. The van der Waals surface area contributed by atoms with Gasteiger partial charge in [-0.2, -0.15) is 0 Å². The molecule has 2 saturated heterocycles. The van der Waals surface area contributed by atoms with Crippen LogP contribution in [-0.4, -0.2) is 47.3 Å². The second kappa shape index (κ2) is 3.91. The highest BCUT2D eigenvalue weighted by atomic mass is 16.4. The van der Waals surface area contributed by atoms with Crippen LogP contribution < -0.4 is 4.90 Å². The minimum atomic E-state index is -0.783. The van der Waals surface area contributed by atoms with Crippen molar-refractivity contribution in [2.24, 2.45) is 11.8 Å². The van der Waals surface area contributed by atoms with E-state index in [4.69, 9.17) is 5.11 Å². The average Bonchev–Trinajstić information content (AvgIpc) is 2.87. The molecular formula is C12H15N3O2. The number of likely N-dealkylation sites (tertiary alicyclic amines) is 1. The summed E-state index contributed by atoms with van der Waals surface area (Å²) in [6.07, 6.45) is 2.81. The zero-order valence-corrected chi connectivity index (χ0v) is 9.49. The number of pyridine rings is 1. The van der Waals surface area contributed by atoms with Crippen LogP contribution in [0, 0.1) is 11.8 Å². The predicted molar refractivity (Wildman–Crippen MR) is 63.0 cm³/mol. The zero-order valence-electron chi connectivity index (χ0n) is 9.49. The Labute approximate surface area is 99.7 Å². The number of rotatable bonds is 1. The number of aromatic nitrogens is 1. The molecule has 0 aromatic carbocycles. The Kier molecular flexibility index (Phi) is 2.39. The molecule has 0 radical (unpaired) electrons. The van der Waals surface area contributed by atoms with Crippen LogP contribution in [-0.2, 0) is 0 Å². The number of fused-ring (bicyclic) bond motifs is 1. The van der Waals surface area contributed by atoms with Crippen LogP contribution in [0.15, 0.2) is 24.5 Å². The van der Waals surface area contributed by atoms with Crippen molar-refractivity contribution in [1.82, 2.24) is 9.88 Å². The van der Waals surface area contributed by atoms with Gasteiger partial charge in [0, 0.05) is 56.1 Å². The third-order valence-corrected chi connectivity index (χ3v) is 3.78. The van der Waals surface area contributed by atoms with Crippen LogP contribution in [0.4, 0.5) is 10.5 Å². The van der Waals surface area contributed by atoms with E-state index >= 15 is 0 Å². The van der Waals surface area contributed by atoms with Crippen molar-refractivity contribution < 1.29 is 9.90 Å². The van der Waals surface area contributed by atoms with Gasteiger partial charge in [-0.3, -0.25) is 4.98 Å². The molecule has 0 aliphatic carbocycles. The summed E-state index contributed by atoms with van der Waals surface area (Å²) in [5.41, 5.74) is 1.19. The first-order valence-electron chi connectivity index (χ1n) is 5.87. The van der Waals surface area contributed by atoms with Gasteiger partial charge in [0.2, 0.25) is 0 Å². The van der Waals surface area contributed by atoms with Crippen LogP contribution in [0.2, 0.25) is 0 Å². The minimum Gasteiger partial charge on any atom is -0.465 e. The van der Waals surface area contributed by atoms with Gasteiger partial charge in [-0.25, -0.2) is 4.79 Å². The summed E-state index contributed by atoms with van der Waals surface area (Å²) in [5, 5.41) is 8.96. The van der Waals surface area contributed by atoms with Crippen LogP contribution in [0.3, 0.4) is 0 Å². The fraction of sp³-hybridized carbons (Fsp3) is 0.500. The van der Waals surface area contributed by atoms with Gasteiger partial charge in [0.15, 0.2) is 0 Å². The first kappa shape index (κ1) is 10.4. The summed E-state index contributed by atoms with van der Waals surface area (Å²) >= 11 is 0. The largest absolute Gasteiger partial charge is 0.465 e. The van der Waals surface area contributed by atoms with E-state index in [-0.39, 0.29) is 0 Å². The highest BCUT2D eigenvalue weighted by molar-refractivity contribution is 5.65. The first-order chi connectivity index (χ1) is 8.24. The van der Waals surface area contributed by atoms with Gasteiger partial charge in [0.1, 0.15) is 0 Å². The first-order valence-corrected chi connectivity index (χ1v) is 5.87. The molecule has 90 valence electrons. The van der Waals surface area contributed by atoms with Crippen molar-refractivity contribution in [2.75, 3.05) is 31.1 Å². The summed E-state index contributed by atoms with van der Waals surface area (Å²) < 4.78 is 0. The number of anilines is 1. The number of nitrogens with zero attached hydrogens (tertiary/aromatic N) is 3. The van der Waals surface area contributed by atoms with Gasteiger partial charge in [-0.1, -0.05) is 0 Å². The molecule has 2 atom stereocenters. The summed E-state index contributed by atoms with van der Waals surface area (Å²) in [6.45, 7) is 3.28. The number of carboxylic acid groups (broad SMARTS) is 1. The molecule has 2 fully saturated rings.